The molecular formula is C60H69N3O13. The fourth-order valence-electron chi connectivity index (χ4n) is 10.8. The molecule has 1 amide bonds. The number of oxime groups is 1. The van der Waals surface area contributed by atoms with Crippen LogP contribution < -0.4 is 9.47 Å². The number of aliphatic hydroxyl groups excluding tert-OH is 3. The van der Waals surface area contributed by atoms with E-state index in [9.17, 15) is 30.2 Å². The van der Waals surface area contributed by atoms with Gasteiger partial charge < -0.3 is 48.6 Å². The van der Waals surface area contributed by atoms with Crippen molar-refractivity contribution in [1.82, 2.24) is 4.90 Å². The van der Waals surface area contributed by atoms with Crippen molar-refractivity contribution in [2.45, 2.75) is 75.9 Å². The van der Waals surface area contributed by atoms with Crippen LogP contribution in [0.25, 0.3) is 11.1 Å². The minimum atomic E-state index is -1.60. The van der Waals surface area contributed by atoms with Crippen LogP contribution in [0.4, 0.5) is 10.5 Å². The predicted octanol–water partition coefficient (Wildman–Crippen LogP) is 10.6. The van der Waals surface area contributed by atoms with E-state index >= 15 is 0 Å². The topological polar surface area (TPSA) is 201 Å². The van der Waals surface area contributed by atoms with Crippen molar-refractivity contribution in [2.75, 3.05) is 59.4 Å². The highest BCUT2D eigenvalue weighted by molar-refractivity contribution is 6.03. The van der Waals surface area contributed by atoms with Crippen molar-refractivity contribution >= 4 is 17.5 Å². The first-order valence-electron chi connectivity index (χ1n) is 26.3. The summed E-state index contributed by atoms with van der Waals surface area (Å²) in [7, 11) is 0. The van der Waals surface area contributed by atoms with Gasteiger partial charge in [0.1, 0.15) is 36.5 Å². The molecule has 16 heteroatoms. The van der Waals surface area contributed by atoms with Crippen molar-refractivity contribution in [1.29, 1.82) is 0 Å². The highest BCUT2D eigenvalue weighted by Crippen LogP contribution is 2.62. The van der Waals surface area contributed by atoms with E-state index in [1.54, 1.807) is 23.1 Å². The molecule has 1 aliphatic heterocycles. The number of nitro groups is 1. The smallest absolute Gasteiger partial charge is 0.410 e. The molecule has 0 saturated heterocycles. The third-order valence-electron chi connectivity index (χ3n) is 14.3. The van der Waals surface area contributed by atoms with Crippen LogP contribution in [-0.4, -0.2) is 108 Å². The first-order valence-corrected chi connectivity index (χ1v) is 26.3. The molecule has 0 spiro atoms. The van der Waals surface area contributed by atoms with E-state index in [1.807, 2.05) is 91.0 Å². The molecule has 5 aromatic carbocycles. The minimum Gasteiger partial charge on any atom is -0.459 e. The first kappa shape index (κ1) is 55.3. The van der Waals surface area contributed by atoms with Gasteiger partial charge in [0.2, 0.25) is 5.79 Å². The number of non-ortho nitro benzene ring substituents is 1. The molecule has 2 aliphatic carbocycles. The maximum atomic E-state index is 14.9. The van der Waals surface area contributed by atoms with Crippen LogP contribution >= 0.6 is 0 Å². The minimum absolute atomic E-state index is 0.00848. The van der Waals surface area contributed by atoms with E-state index in [-0.39, 0.29) is 95.9 Å². The van der Waals surface area contributed by atoms with Gasteiger partial charge in [-0.3, -0.25) is 15.0 Å². The number of fused-ring (bicyclic) bond motifs is 2. The molecule has 0 radical (unpaired) electrons. The molecule has 76 heavy (non-hydrogen) atoms. The van der Waals surface area contributed by atoms with Crippen LogP contribution in [0.15, 0.2) is 157 Å². The Morgan fingerprint density at radius 1 is 0.776 bits per heavy atom. The van der Waals surface area contributed by atoms with Gasteiger partial charge in [0, 0.05) is 49.8 Å². The Labute approximate surface area is 444 Å². The lowest BCUT2D eigenvalue weighted by atomic mass is 9.55. The van der Waals surface area contributed by atoms with Gasteiger partial charge in [-0.1, -0.05) is 103 Å². The zero-order chi connectivity index (χ0) is 53.1. The van der Waals surface area contributed by atoms with E-state index in [4.69, 9.17) is 38.4 Å². The second kappa shape index (κ2) is 27.7. The number of unbranched alkanes of at least 4 members (excludes halogenated alkanes) is 2. The average Bonchev–Trinajstić information content (AvgIpc) is 3.54. The summed E-state index contributed by atoms with van der Waals surface area (Å²) < 4.78 is 39.0. The number of aliphatic hydroxyl groups is 3. The maximum absolute atomic E-state index is 14.9. The van der Waals surface area contributed by atoms with Gasteiger partial charge in [-0.25, -0.2) is 4.79 Å². The van der Waals surface area contributed by atoms with Gasteiger partial charge in [0.05, 0.1) is 56.2 Å². The summed E-state index contributed by atoms with van der Waals surface area (Å²) in [5, 5.41) is 46.2. The number of carbonyl (C=O) groups is 1. The molecule has 402 valence electrons. The fourth-order valence-corrected chi connectivity index (χ4v) is 10.8. The fraction of sp³-hybridized carbons (Fsp3) is 0.400. The van der Waals surface area contributed by atoms with Crippen molar-refractivity contribution in [3.63, 3.8) is 0 Å². The van der Waals surface area contributed by atoms with Crippen LogP contribution in [-0.2, 0) is 37.0 Å². The van der Waals surface area contributed by atoms with E-state index in [0.717, 1.165) is 53.5 Å². The SMILES string of the molecule is C=CCOC12Oc3ccc(Oc4ccc(-c5ccccc5)cc4)cc3C3C(CCCCO)C(CCCCO)C=C(C(=NOCc4ccc([N+](=O)[O-])cc4)CC1N(CCOCCO)C(=O)OCCOCc1ccccc1)C32. The molecule has 3 N–H and O–H groups in total. The zero-order valence-electron chi connectivity index (χ0n) is 42.9. The summed E-state index contributed by atoms with van der Waals surface area (Å²) in [5.41, 5.74) is 5.95. The van der Waals surface area contributed by atoms with E-state index in [0.29, 0.717) is 48.0 Å². The van der Waals surface area contributed by atoms with E-state index < -0.39 is 28.8 Å². The number of ether oxygens (including phenoxy) is 6. The van der Waals surface area contributed by atoms with Crippen LogP contribution in [0.5, 0.6) is 17.2 Å². The largest absolute Gasteiger partial charge is 0.459 e. The molecule has 1 saturated carbocycles. The molecule has 6 atom stereocenters. The lowest BCUT2D eigenvalue weighted by Gasteiger charge is -2.59. The summed E-state index contributed by atoms with van der Waals surface area (Å²) in [4.78, 5) is 33.7. The van der Waals surface area contributed by atoms with Crippen LogP contribution in [0.2, 0.25) is 0 Å². The number of hydrogen-bond acceptors (Lipinski definition) is 14. The highest BCUT2D eigenvalue weighted by Gasteiger charge is 2.65. The predicted molar refractivity (Wildman–Crippen MR) is 287 cm³/mol. The number of allylic oxidation sites excluding steroid dienone is 1. The lowest BCUT2D eigenvalue weighted by molar-refractivity contribution is -0.384. The molecular weight excluding hydrogens is 971 g/mol. The van der Waals surface area contributed by atoms with Crippen LogP contribution in [0.3, 0.4) is 0 Å². The third-order valence-corrected chi connectivity index (χ3v) is 14.3. The van der Waals surface area contributed by atoms with Crippen molar-refractivity contribution in [2.24, 2.45) is 22.9 Å². The molecule has 5 aromatic rings. The van der Waals surface area contributed by atoms with E-state index in [1.165, 1.54) is 12.1 Å². The van der Waals surface area contributed by atoms with Gasteiger partial charge in [0.15, 0.2) is 0 Å². The summed E-state index contributed by atoms with van der Waals surface area (Å²) in [6.07, 6.45) is 7.42. The van der Waals surface area contributed by atoms with Gasteiger partial charge in [-0.15, -0.1) is 6.58 Å². The number of carbonyl (C=O) groups excluding carboxylic acids is 1. The number of hydrogen-bond donors (Lipinski definition) is 3. The number of rotatable bonds is 29. The molecule has 16 nitrogen and oxygen atoms in total. The number of amides is 1. The molecule has 1 heterocycles. The summed E-state index contributed by atoms with van der Waals surface area (Å²) >= 11 is 0. The number of nitro benzene ring substituents is 1. The first-order chi connectivity index (χ1) is 37.3. The lowest BCUT2D eigenvalue weighted by Crippen LogP contribution is -2.70. The second-order valence-electron chi connectivity index (χ2n) is 19.1. The van der Waals surface area contributed by atoms with Gasteiger partial charge >= 0.3 is 6.09 Å². The van der Waals surface area contributed by atoms with Crippen molar-refractivity contribution in [3.05, 3.63) is 179 Å². The van der Waals surface area contributed by atoms with E-state index in [2.05, 4.69) is 24.8 Å². The van der Waals surface area contributed by atoms with Gasteiger partial charge in [-0.2, -0.15) is 0 Å². The molecule has 1 fully saturated rings. The Bertz CT molecular complexity index is 2700. The normalized spacial score (nSPS) is 20.9. The molecule has 3 aliphatic rings. The third kappa shape index (κ3) is 13.7. The van der Waals surface area contributed by atoms with Crippen LogP contribution in [0, 0.1) is 27.9 Å². The Balaban J connectivity index is 1.24. The Kier molecular flexibility index (Phi) is 20.2. The Hall–Kier alpha value is -6.92. The van der Waals surface area contributed by atoms with Crippen molar-refractivity contribution in [3.8, 4) is 28.4 Å². The monoisotopic (exact) mass is 1040 g/mol. The molecule has 0 bridgehead atoms. The quantitative estimate of drug-likeness (QED) is 0.0177. The van der Waals surface area contributed by atoms with Crippen LogP contribution in [0.1, 0.15) is 67.6 Å². The zero-order valence-corrected chi connectivity index (χ0v) is 42.9. The van der Waals surface area contributed by atoms with Gasteiger partial charge in [-0.05, 0) is 108 Å². The number of nitrogens with zero attached hydrogens (tertiary/aromatic N) is 3. The Morgan fingerprint density at radius 3 is 2.18 bits per heavy atom. The highest BCUT2D eigenvalue weighted by atomic mass is 16.7. The number of benzene rings is 5. The summed E-state index contributed by atoms with van der Waals surface area (Å²) in [6.45, 7) is 4.41. The Morgan fingerprint density at radius 2 is 1.47 bits per heavy atom. The average molecular weight is 1040 g/mol. The van der Waals surface area contributed by atoms with Gasteiger partial charge in [0.25, 0.3) is 5.69 Å². The molecule has 8 rings (SSSR count). The standard InChI is InChI=1S/C60H69N3O13/c1-2-33-73-60-56(62(29-34-70-35-32-66)59(67)72-37-36-71-41-43-13-5-3-6-14-43)40-54(61-74-42-44-19-23-48(24-20-44)63(68)69)52-38-47(17-9-11-30-64)51(18-10-12-31-65)57(58(52)60)53-39-50(27-28-55(53)76-60)75-49-25-21-46(22-26-49)45-15-7-4-8-16-45/h2-8,13-16,19-28,38-39,47,51,56-58,64-66H,1,9-12,17-18,29-37,40-42H2. The summed E-state index contributed by atoms with van der Waals surface area (Å²) in [5.74, 6) is -0.931. The molecule has 0 aromatic heterocycles. The van der Waals surface area contributed by atoms with Crippen molar-refractivity contribution < 1.29 is 58.3 Å². The molecule has 6 unspecified atom stereocenters. The second-order valence-corrected chi connectivity index (χ2v) is 19.1. The summed E-state index contributed by atoms with van der Waals surface area (Å²) in [6, 6.07) is 38.7. The maximum Gasteiger partial charge on any atom is 0.410 e.